The van der Waals surface area contributed by atoms with Gasteiger partial charge in [0.25, 0.3) is 0 Å². The average Bonchev–Trinajstić information content (AvgIpc) is 2.61. The summed E-state index contributed by atoms with van der Waals surface area (Å²) in [6.45, 7) is 0.943. The quantitative estimate of drug-likeness (QED) is 0.801. The molecule has 0 bridgehead atoms. The summed E-state index contributed by atoms with van der Waals surface area (Å²) in [6.07, 6.45) is 7.28. The first-order valence-corrected chi connectivity index (χ1v) is 7.78. The number of rotatable bonds is 4. The Morgan fingerprint density at radius 1 is 1.13 bits per heavy atom. The molecule has 3 rings (SSSR count). The van der Waals surface area contributed by atoms with Gasteiger partial charge in [-0.3, -0.25) is 0 Å². The van der Waals surface area contributed by atoms with Gasteiger partial charge in [0.05, 0.1) is 20.3 Å². The van der Waals surface area contributed by atoms with Crippen LogP contribution in [0.3, 0.4) is 0 Å². The van der Waals surface area contributed by atoms with E-state index in [0.717, 1.165) is 24.5 Å². The summed E-state index contributed by atoms with van der Waals surface area (Å²) in [5, 5.41) is 0. The zero-order valence-electron chi connectivity index (χ0n) is 13.6. The van der Waals surface area contributed by atoms with Crippen molar-refractivity contribution in [1.82, 2.24) is 0 Å². The van der Waals surface area contributed by atoms with Crippen molar-refractivity contribution in [2.24, 2.45) is 0 Å². The number of nitrogens with zero attached hydrogens (tertiary/aromatic N) is 1. The SMILES string of the molecule is C#CCC1c2cc(OC)c(OC)cc2CCN1c1ccccc1. The Morgan fingerprint density at radius 2 is 1.83 bits per heavy atom. The molecule has 0 fully saturated rings. The number of methoxy groups -OCH3 is 2. The first-order chi connectivity index (χ1) is 11.3. The van der Waals surface area contributed by atoms with Crippen LogP contribution >= 0.6 is 0 Å². The number of hydrogen-bond donors (Lipinski definition) is 0. The highest BCUT2D eigenvalue weighted by Gasteiger charge is 2.28. The van der Waals surface area contributed by atoms with E-state index < -0.39 is 0 Å². The second-order valence-corrected chi connectivity index (χ2v) is 5.61. The lowest BCUT2D eigenvalue weighted by Crippen LogP contribution is -2.35. The lowest BCUT2D eigenvalue weighted by atomic mass is 9.89. The molecule has 0 radical (unpaired) electrons. The topological polar surface area (TPSA) is 21.7 Å². The molecule has 1 heterocycles. The maximum Gasteiger partial charge on any atom is 0.161 e. The minimum Gasteiger partial charge on any atom is -0.493 e. The van der Waals surface area contributed by atoms with Crippen LogP contribution in [-0.4, -0.2) is 20.8 Å². The van der Waals surface area contributed by atoms with Gasteiger partial charge in [-0.05, 0) is 41.8 Å². The predicted molar refractivity (Wildman–Crippen MR) is 93.2 cm³/mol. The fraction of sp³-hybridized carbons (Fsp3) is 0.300. The highest BCUT2D eigenvalue weighted by atomic mass is 16.5. The van der Waals surface area contributed by atoms with Crippen LogP contribution < -0.4 is 14.4 Å². The number of anilines is 1. The van der Waals surface area contributed by atoms with Crippen LogP contribution in [0.5, 0.6) is 11.5 Å². The third-order valence-corrected chi connectivity index (χ3v) is 4.40. The van der Waals surface area contributed by atoms with Crippen molar-refractivity contribution in [3.63, 3.8) is 0 Å². The molecule has 0 spiro atoms. The molecule has 2 aromatic carbocycles. The number of para-hydroxylation sites is 1. The van der Waals surface area contributed by atoms with E-state index in [9.17, 15) is 0 Å². The summed E-state index contributed by atoms with van der Waals surface area (Å²) in [5.41, 5.74) is 3.72. The molecule has 0 amide bonds. The molecule has 3 nitrogen and oxygen atoms in total. The predicted octanol–water partition coefficient (Wildman–Crippen LogP) is 3.83. The van der Waals surface area contributed by atoms with Crippen LogP contribution in [0.15, 0.2) is 42.5 Å². The third kappa shape index (κ3) is 2.85. The molecular weight excluding hydrogens is 286 g/mol. The second-order valence-electron chi connectivity index (χ2n) is 5.61. The van der Waals surface area contributed by atoms with Crippen LogP contribution in [0, 0.1) is 12.3 Å². The van der Waals surface area contributed by atoms with Crippen molar-refractivity contribution in [3.05, 3.63) is 53.6 Å². The van der Waals surface area contributed by atoms with Gasteiger partial charge in [-0.25, -0.2) is 0 Å². The van der Waals surface area contributed by atoms with Crippen LogP contribution in [0.4, 0.5) is 5.69 Å². The van der Waals surface area contributed by atoms with Gasteiger partial charge in [0, 0.05) is 18.7 Å². The van der Waals surface area contributed by atoms with Gasteiger partial charge in [-0.1, -0.05) is 18.2 Å². The van der Waals surface area contributed by atoms with E-state index in [2.05, 4.69) is 47.2 Å². The molecule has 2 aromatic rings. The molecule has 0 aliphatic carbocycles. The summed E-state index contributed by atoms with van der Waals surface area (Å²) < 4.78 is 10.9. The Morgan fingerprint density at radius 3 is 2.48 bits per heavy atom. The molecule has 0 saturated heterocycles. The number of ether oxygens (including phenoxy) is 2. The maximum atomic E-state index is 5.65. The van der Waals surface area contributed by atoms with Gasteiger partial charge >= 0.3 is 0 Å². The average molecular weight is 307 g/mol. The van der Waals surface area contributed by atoms with E-state index in [0.29, 0.717) is 6.42 Å². The van der Waals surface area contributed by atoms with Crippen molar-refractivity contribution >= 4 is 5.69 Å². The summed E-state index contributed by atoms with van der Waals surface area (Å²) in [4.78, 5) is 2.38. The monoisotopic (exact) mass is 307 g/mol. The van der Waals surface area contributed by atoms with Gasteiger partial charge in [0.2, 0.25) is 0 Å². The van der Waals surface area contributed by atoms with E-state index in [-0.39, 0.29) is 6.04 Å². The zero-order chi connectivity index (χ0) is 16.2. The van der Waals surface area contributed by atoms with Gasteiger partial charge < -0.3 is 14.4 Å². The Balaban J connectivity index is 2.06. The molecule has 23 heavy (non-hydrogen) atoms. The van der Waals surface area contributed by atoms with Crippen LogP contribution in [0.1, 0.15) is 23.6 Å². The molecule has 0 saturated carbocycles. The Bertz CT molecular complexity index is 718. The van der Waals surface area contributed by atoms with Crippen LogP contribution in [-0.2, 0) is 6.42 Å². The first-order valence-electron chi connectivity index (χ1n) is 7.78. The zero-order valence-corrected chi connectivity index (χ0v) is 13.6. The van der Waals surface area contributed by atoms with Gasteiger partial charge in [0.1, 0.15) is 0 Å². The Kier molecular flexibility index (Phi) is 4.43. The van der Waals surface area contributed by atoms with E-state index in [4.69, 9.17) is 15.9 Å². The van der Waals surface area contributed by atoms with Gasteiger partial charge in [-0.15, -0.1) is 12.3 Å². The second kappa shape index (κ2) is 6.66. The van der Waals surface area contributed by atoms with Crippen molar-refractivity contribution < 1.29 is 9.47 Å². The first kappa shape index (κ1) is 15.3. The molecule has 118 valence electrons. The molecule has 3 heteroatoms. The lowest BCUT2D eigenvalue weighted by molar-refractivity contribution is 0.353. The molecule has 1 aliphatic heterocycles. The van der Waals surface area contributed by atoms with Crippen LogP contribution in [0.25, 0.3) is 0 Å². The molecule has 1 atom stereocenters. The van der Waals surface area contributed by atoms with Gasteiger partial charge in [-0.2, -0.15) is 0 Å². The molecule has 0 N–H and O–H groups in total. The minimum atomic E-state index is 0.158. The summed E-state index contributed by atoms with van der Waals surface area (Å²) in [7, 11) is 3.33. The molecule has 0 aromatic heterocycles. The number of fused-ring (bicyclic) bond motifs is 1. The summed E-state index contributed by atoms with van der Waals surface area (Å²) in [6, 6.07) is 14.7. The van der Waals surface area contributed by atoms with E-state index in [1.165, 1.54) is 16.8 Å². The van der Waals surface area contributed by atoms with Gasteiger partial charge in [0.15, 0.2) is 11.5 Å². The lowest BCUT2D eigenvalue weighted by Gasteiger charge is -2.38. The van der Waals surface area contributed by atoms with E-state index in [1.807, 2.05) is 6.07 Å². The largest absolute Gasteiger partial charge is 0.493 e. The summed E-state index contributed by atoms with van der Waals surface area (Å²) >= 11 is 0. The normalized spacial score (nSPS) is 16.4. The van der Waals surface area contributed by atoms with E-state index >= 15 is 0 Å². The van der Waals surface area contributed by atoms with E-state index in [1.54, 1.807) is 14.2 Å². The summed E-state index contributed by atoms with van der Waals surface area (Å²) in [5.74, 6) is 4.36. The third-order valence-electron chi connectivity index (χ3n) is 4.40. The number of terminal acetylenes is 1. The van der Waals surface area contributed by atoms with Crippen molar-refractivity contribution in [1.29, 1.82) is 0 Å². The highest BCUT2D eigenvalue weighted by molar-refractivity contribution is 5.56. The Labute approximate surface area is 137 Å². The molecular formula is C20H21NO2. The standard InChI is InChI=1S/C20H21NO2/c1-4-8-18-17-14-20(23-3)19(22-2)13-15(17)11-12-21(18)16-9-6-5-7-10-16/h1,5-7,9-10,13-14,18H,8,11-12H2,2-3H3. The van der Waals surface area contributed by atoms with Crippen molar-refractivity contribution in [3.8, 4) is 23.8 Å². The number of benzene rings is 2. The maximum absolute atomic E-state index is 5.65. The molecule has 1 unspecified atom stereocenters. The Hall–Kier alpha value is -2.60. The number of hydrogen-bond acceptors (Lipinski definition) is 3. The fourth-order valence-electron chi connectivity index (χ4n) is 3.29. The fourth-order valence-corrected chi connectivity index (χ4v) is 3.29. The minimum absolute atomic E-state index is 0.158. The van der Waals surface area contributed by atoms with Crippen molar-refractivity contribution in [2.75, 3.05) is 25.7 Å². The molecule has 1 aliphatic rings. The smallest absolute Gasteiger partial charge is 0.161 e. The highest BCUT2D eigenvalue weighted by Crippen LogP contribution is 2.40. The van der Waals surface area contributed by atoms with Crippen LogP contribution in [0.2, 0.25) is 0 Å². The van der Waals surface area contributed by atoms with Crippen molar-refractivity contribution in [2.45, 2.75) is 18.9 Å².